The van der Waals surface area contributed by atoms with Gasteiger partial charge in [0.1, 0.15) is 12.2 Å². The summed E-state index contributed by atoms with van der Waals surface area (Å²) in [7, 11) is 0. The molecule has 0 spiro atoms. The summed E-state index contributed by atoms with van der Waals surface area (Å²) in [5, 5.41) is 3.51. The van der Waals surface area contributed by atoms with Gasteiger partial charge in [-0.3, -0.25) is 14.9 Å². The molecule has 0 unspecified atom stereocenters. The number of benzene rings is 3. The van der Waals surface area contributed by atoms with E-state index in [1.54, 1.807) is 24.3 Å². The highest BCUT2D eigenvalue weighted by atomic mass is 79.9. The third-order valence-corrected chi connectivity index (χ3v) is 6.19. The van der Waals surface area contributed by atoms with Crippen molar-refractivity contribution in [1.29, 1.82) is 0 Å². The first-order valence-corrected chi connectivity index (χ1v) is 11.7. The number of hydrogen-bond acceptors (Lipinski definition) is 4. The lowest BCUT2D eigenvalue weighted by molar-refractivity contribution is -0.122. The van der Waals surface area contributed by atoms with Gasteiger partial charge in [-0.05, 0) is 81.7 Å². The van der Waals surface area contributed by atoms with Gasteiger partial charge in [-0.15, -0.1) is 0 Å². The molecule has 0 aliphatic carbocycles. The van der Waals surface area contributed by atoms with Crippen LogP contribution < -0.4 is 15.0 Å². The van der Waals surface area contributed by atoms with Crippen molar-refractivity contribution in [2.45, 2.75) is 6.61 Å². The topological polar surface area (TPSA) is 75.7 Å². The van der Waals surface area contributed by atoms with E-state index in [1.165, 1.54) is 30.3 Å². The molecular weight excluding hydrogens is 567 g/mol. The van der Waals surface area contributed by atoms with Crippen molar-refractivity contribution in [2.75, 3.05) is 4.90 Å². The molecule has 0 atom stereocenters. The summed E-state index contributed by atoms with van der Waals surface area (Å²) in [6.45, 7) is 0.259. The summed E-state index contributed by atoms with van der Waals surface area (Å²) in [5.41, 5.74) is 1.40. The van der Waals surface area contributed by atoms with Gasteiger partial charge in [0.05, 0.1) is 15.2 Å². The largest absolute Gasteiger partial charge is 0.486 e. The molecule has 4 amide bonds. The van der Waals surface area contributed by atoms with E-state index in [0.29, 0.717) is 25.8 Å². The molecule has 172 valence electrons. The van der Waals surface area contributed by atoms with Crippen molar-refractivity contribution in [3.63, 3.8) is 0 Å². The number of halogens is 4. The molecule has 6 nitrogen and oxygen atoms in total. The molecule has 0 bridgehead atoms. The number of nitrogens with zero attached hydrogens (tertiary/aromatic N) is 1. The summed E-state index contributed by atoms with van der Waals surface area (Å²) in [4.78, 5) is 38.6. The Hall–Kier alpha value is -2.84. The van der Waals surface area contributed by atoms with Crippen molar-refractivity contribution >= 4 is 80.3 Å². The SMILES string of the molecule is O=C1NC(=O)N(c2ccc(Cl)cc2)C(=O)/C1=C/c1cc(Cl)c(OCc2ccc(Cl)cc2)c(Br)c1. The summed E-state index contributed by atoms with van der Waals surface area (Å²) in [5.74, 6) is -1.18. The molecule has 0 aromatic heterocycles. The Labute approximate surface area is 218 Å². The van der Waals surface area contributed by atoms with Crippen LogP contribution >= 0.6 is 50.7 Å². The highest BCUT2D eigenvalue weighted by molar-refractivity contribution is 9.10. The summed E-state index contributed by atoms with van der Waals surface area (Å²) < 4.78 is 6.35. The second-order valence-electron chi connectivity index (χ2n) is 7.16. The Balaban J connectivity index is 1.60. The number of amides is 4. The lowest BCUT2D eigenvalue weighted by Crippen LogP contribution is -2.54. The van der Waals surface area contributed by atoms with Gasteiger partial charge in [0.2, 0.25) is 0 Å². The number of carbonyl (C=O) groups is 3. The van der Waals surface area contributed by atoms with Crippen molar-refractivity contribution < 1.29 is 19.1 Å². The fourth-order valence-electron chi connectivity index (χ4n) is 3.19. The highest BCUT2D eigenvalue weighted by Crippen LogP contribution is 2.36. The maximum atomic E-state index is 13.0. The van der Waals surface area contributed by atoms with E-state index in [0.717, 1.165) is 10.5 Å². The zero-order chi connectivity index (χ0) is 24.4. The predicted octanol–water partition coefficient (Wildman–Crippen LogP) is 6.65. The number of imide groups is 2. The molecular formula is C24H14BrCl3N2O4. The first-order chi connectivity index (χ1) is 16.2. The lowest BCUT2D eigenvalue weighted by atomic mass is 10.1. The van der Waals surface area contributed by atoms with Gasteiger partial charge in [0.15, 0.2) is 5.75 Å². The van der Waals surface area contributed by atoms with Crippen LogP contribution in [0.1, 0.15) is 11.1 Å². The van der Waals surface area contributed by atoms with Crippen molar-refractivity contribution in [3.05, 3.63) is 96.9 Å². The van der Waals surface area contributed by atoms with Crippen LogP contribution in [0, 0.1) is 0 Å². The van der Waals surface area contributed by atoms with Gasteiger partial charge in [0.25, 0.3) is 11.8 Å². The first kappa shape index (κ1) is 24.3. The Morgan fingerprint density at radius 1 is 0.912 bits per heavy atom. The van der Waals surface area contributed by atoms with Gasteiger partial charge < -0.3 is 4.74 Å². The fourth-order valence-corrected chi connectivity index (χ4v) is 4.43. The summed E-state index contributed by atoms with van der Waals surface area (Å²) in [6.07, 6.45) is 1.35. The molecule has 1 fully saturated rings. The molecule has 10 heteroatoms. The number of anilines is 1. The van der Waals surface area contributed by atoms with Crippen LogP contribution in [0.5, 0.6) is 5.75 Å². The molecule has 34 heavy (non-hydrogen) atoms. The van der Waals surface area contributed by atoms with Gasteiger partial charge in [-0.2, -0.15) is 0 Å². The van der Waals surface area contributed by atoms with Gasteiger partial charge in [-0.1, -0.05) is 46.9 Å². The van der Waals surface area contributed by atoms with Gasteiger partial charge in [-0.25, -0.2) is 9.69 Å². The zero-order valence-electron chi connectivity index (χ0n) is 17.2. The minimum atomic E-state index is -0.848. The number of urea groups is 1. The number of rotatable bonds is 5. The molecule has 0 saturated carbocycles. The van der Waals surface area contributed by atoms with Crippen molar-refractivity contribution in [3.8, 4) is 5.75 Å². The maximum absolute atomic E-state index is 13.0. The van der Waals surface area contributed by atoms with Gasteiger partial charge >= 0.3 is 6.03 Å². The number of barbiturate groups is 1. The van der Waals surface area contributed by atoms with E-state index >= 15 is 0 Å². The maximum Gasteiger partial charge on any atom is 0.335 e. The second-order valence-corrected chi connectivity index (χ2v) is 9.30. The van der Waals surface area contributed by atoms with Crippen LogP contribution in [0.4, 0.5) is 10.5 Å². The van der Waals surface area contributed by atoms with Crippen molar-refractivity contribution in [1.82, 2.24) is 5.32 Å². The van der Waals surface area contributed by atoms with Crippen molar-refractivity contribution in [2.24, 2.45) is 0 Å². The van der Waals surface area contributed by atoms with Crippen LogP contribution in [-0.2, 0) is 16.2 Å². The van der Waals surface area contributed by atoms with E-state index in [2.05, 4.69) is 21.2 Å². The quantitative estimate of drug-likeness (QED) is 0.271. The zero-order valence-corrected chi connectivity index (χ0v) is 21.0. The molecule has 1 N–H and O–H groups in total. The second kappa shape index (κ2) is 10.2. The predicted molar refractivity (Wildman–Crippen MR) is 135 cm³/mol. The van der Waals surface area contributed by atoms with E-state index in [-0.39, 0.29) is 22.9 Å². The molecule has 1 saturated heterocycles. The Kier molecular flexibility index (Phi) is 7.28. The first-order valence-electron chi connectivity index (χ1n) is 9.76. The number of carbonyl (C=O) groups excluding carboxylic acids is 3. The standard InChI is InChI=1S/C24H14BrCl3N2O4/c25-19-10-14(11-20(28)21(19)34-12-13-1-3-15(26)4-2-13)9-18-22(31)29-24(33)30(23(18)32)17-7-5-16(27)6-8-17/h1-11H,12H2,(H,29,31,33)/b18-9+. The average Bonchev–Trinajstić information content (AvgIpc) is 2.78. The summed E-state index contributed by atoms with van der Waals surface area (Å²) >= 11 is 21.6. The normalized spacial score (nSPS) is 15.0. The lowest BCUT2D eigenvalue weighted by Gasteiger charge is -2.26. The molecule has 3 aromatic carbocycles. The third-order valence-electron chi connectivity index (χ3n) is 4.81. The molecule has 3 aromatic rings. The molecule has 1 heterocycles. The number of nitrogens with one attached hydrogen (secondary N) is 1. The highest BCUT2D eigenvalue weighted by Gasteiger charge is 2.36. The Morgan fingerprint density at radius 2 is 1.53 bits per heavy atom. The van der Waals surface area contributed by atoms with E-state index < -0.39 is 17.8 Å². The summed E-state index contributed by atoms with van der Waals surface area (Å²) in [6, 6.07) is 15.6. The third kappa shape index (κ3) is 5.28. The van der Waals surface area contributed by atoms with E-state index in [9.17, 15) is 14.4 Å². The monoisotopic (exact) mass is 578 g/mol. The van der Waals surface area contributed by atoms with Crippen LogP contribution in [-0.4, -0.2) is 17.8 Å². The van der Waals surface area contributed by atoms with Crippen LogP contribution in [0.3, 0.4) is 0 Å². The minimum Gasteiger partial charge on any atom is -0.486 e. The van der Waals surface area contributed by atoms with E-state index in [4.69, 9.17) is 39.5 Å². The number of hydrogen-bond donors (Lipinski definition) is 1. The number of ether oxygens (including phenoxy) is 1. The van der Waals surface area contributed by atoms with Gasteiger partial charge in [0, 0.05) is 10.0 Å². The Morgan fingerprint density at radius 3 is 2.15 bits per heavy atom. The Bertz CT molecular complexity index is 1300. The molecule has 1 aliphatic heterocycles. The van der Waals surface area contributed by atoms with Crippen LogP contribution in [0.15, 0.2) is 70.7 Å². The fraction of sp³-hybridized carbons (Fsp3) is 0.0417. The smallest absolute Gasteiger partial charge is 0.335 e. The van der Waals surface area contributed by atoms with Crippen LogP contribution in [0.2, 0.25) is 15.1 Å². The minimum absolute atomic E-state index is 0.229. The van der Waals surface area contributed by atoms with E-state index in [1.807, 2.05) is 12.1 Å². The van der Waals surface area contributed by atoms with Crippen LogP contribution in [0.25, 0.3) is 6.08 Å². The molecule has 4 rings (SSSR count). The molecule has 1 aliphatic rings. The average molecular weight is 581 g/mol. The molecule has 0 radical (unpaired) electrons.